The summed E-state index contributed by atoms with van der Waals surface area (Å²) in [4.78, 5) is 6.78. The summed E-state index contributed by atoms with van der Waals surface area (Å²) >= 11 is 2.29. The summed E-state index contributed by atoms with van der Waals surface area (Å²) < 4.78 is 44.0. The van der Waals surface area contributed by atoms with Gasteiger partial charge in [0, 0.05) is 38.2 Å². The molecule has 0 spiro atoms. The van der Waals surface area contributed by atoms with Crippen LogP contribution in [0.3, 0.4) is 0 Å². The fraction of sp³-hybridized carbons (Fsp3) is 0.192. The van der Waals surface area contributed by atoms with Crippen LogP contribution < -0.4 is 4.90 Å². The van der Waals surface area contributed by atoms with Gasteiger partial charge in [-0.25, -0.2) is 18.2 Å². The maximum absolute atomic E-state index is 14.7. The molecule has 1 aliphatic heterocycles. The lowest BCUT2D eigenvalue weighted by Gasteiger charge is -2.27. The number of anilines is 2. The van der Waals surface area contributed by atoms with E-state index in [0.717, 1.165) is 44.1 Å². The smallest absolute Gasteiger partial charge is 0.132 e. The van der Waals surface area contributed by atoms with Gasteiger partial charge >= 0.3 is 0 Å². The molecule has 2 nitrogen and oxygen atoms in total. The van der Waals surface area contributed by atoms with Gasteiger partial charge in [0.15, 0.2) is 0 Å². The number of benzene rings is 3. The highest BCUT2D eigenvalue weighted by Gasteiger charge is 2.37. The Morgan fingerprint density at radius 2 is 1.66 bits per heavy atom. The molecule has 0 saturated heterocycles. The molecule has 3 aromatic carbocycles. The first-order chi connectivity index (χ1) is 15.2. The largest absolute Gasteiger partial charge is 0.339 e. The summed E-state index contributed by atoms with van der Waals surface area (Å²) in [5.41, 5.74) is 4.49. The Kier molecular flexibility index (Phi) is 4.96. The average molecular weight is 544 g/mol. The van der Waals surface area contributed by atoms with Crippen molar-refractivity contribution in [2.24, 2.45) is 0 Å². The van der Waals surface area contributed by atoms with E-state index in [1.807, 2.05) is 6.92 Å². The Morgan fingerprint density at radius 1 is 0.938 bits per heavy atom. The lowest BCUT2D eigenvalue weighted by atomic mass is 9.87. The summed E-state index contributed by atoms with van der Waals surface area (Å²) in [7, 11) is 0. The third-order valence-electron chi connectivity index (χ3n) is 6.14. The predicted molar refractivity (Wildman–Crippen MR) is 131 cm³/mol. The zero-order chi connectivity index (χ0) is 22.8. The molecule has 6 heteroatoms. The molecule has 0 amide bonds. The van der Waals surface area contributed by atoms with E-state index < -0.39 is 17.5 Å². The van der Waals surface area contributed by atoms with E-state index in [1.165, 1.54) is 17.7 Å². The van der Waals surface area contributed by atoms with Crippen molar-refractivity contribution in [3.8, 4) is 11.3 Å². The maximum atomic E-state index is 14.7. The number of fused-ring (bicyclic) bond motifs is 2. The van der Waals surface area contributed by atoms with E-state index in [-0.39, 0.29) is 11.0 Å². The molecule has 4 aromatic rings. The van der Waals surface area contributed by atoms with Crippen molar-refractivity contribution in [1.82, 2.24) is 4.98 Å². The van der Waals surface area contributed by atoms with Crippen LogP contribution in [0, 0.1) is 27.9 Å². The summed E-state index contributed by atoms with van der Waals surface area (Å²) in [5.74, 6) is -1.55. The molecule has 1 aromatic heterocycles. The van der Waals surface area contributed by atoms with Gasteiger partial charge in [-0.1, -0.05) is 19.9 Å². The third-order valence-corrected chi connectivity index (χ3v) is 6.82. The molecule has 0 bridgehead atoms. The second-order valence-electron chi connectivity index (χ2n) is 8.85. The monoisotopic (exact) mass is 544 g/mol. The minimum absolute atomic E-state index is 0.0660. The molecule has 1 aliphatic rings. The van der Waals surface area contributed by atoms with Crippen molar-refractivity contribution >= 4 is 44.9 Å². The number of pyridine rings is 1. The molecular formula is C26H20F3IN2. The lowest BCUT2D eigenvalue weighted by Crippen LogP contribution is -2.26. The van der Waals surface area contributed by atoms with Crippen molar-refractivity contribution in [3.05, 3.63) is 86.7 Å². The van der Waals surface area contributed by atoms with Crippen LogP contribution in [-0.4, -0.2) is 11.5 Å². The normalized spacial score (nSPS) is 14.8. The fourth-order valence-corrected chi connectivity index (χ4v) is 5.15. The van der Waals surface area contributed by atoms with Crippen LogP contribution >= 0.6 is 22.6 Å². The van der Waals surface area contributed by atoms with Gasteiger partial charge in [-0.15, -0.1) is 0 Å². The first kappa shape index (κ1) is 21.2. The minimum Gasteiger partial charge on any atom is -0.339 e. The van der Waals surface area contributed by atoms with Crippen LogP contribution in [-0.2, 0) is 5.41 Å². The molecule has 2 heterocycles. The van der Waals surface area contributed by atoms with E-state index in [9.17, 15) is 13.2 Å². The quantitative estimate of drug-likeness (QED) is 0.241. The zero-order valence-corrected chi connectivity index (χ0v) is 20.0. The van der Waals surface area contributed by atoms with Crippen molar-refractivity contribution in [3.63, 3.8) is 0 Å². The number of halogens is 4. The maximum Gasteiger partial charge on any atom is 0.132 e. The summed E-state index contributed by atoms with van der Waals surface area (Å²) in [6, 6.07) is 14.1. The van der Waals surface area contributed by atoms with Gasteiger partial charge in [0.1, 0.15) is 17.5 Å². The summed E-state index contributed by atoms with van der Waals surface area (Å²) in [6.07, 6.45) is 0. The topological polar surface area (TPSA) is 16.1 Å². The van der Waals surface area contributed by atoms with Crippen LogP contribution in [0.25, 0.3) is 22.2 Å². The van der Waals surface area contributed by atoms with Gasteiger partial charge in [-0.2, -0.15) is 0 Å². The van der Waals surface area contributed by atoms with Crippen LogP contribution in [0.1, 0.15) is 25.0 Å². The number of rotatable bonds is 2. The Morgan fingerprint density at radius 3 is 2.44 bits per heavy atom. The predicted octanol–water partition coefficient (Wildman–Crippen LogP) is 7.66. The second-order valence-corrected chi connectivity index (χ2v) is 10.1. The average Bonchev–Trinajstić information content (AvgIpc) is 2.99. The highest BCUT2D eigenvalue weighted by molar-refractivity contribution is 14.1. The van der Waals surface area contributed by atoms with E-state index >= 15 is 0 Å². The summed E-state index contributed by atoms with van der Waals surface area (Å²) in [5, 5.41) is 0.770. The van der Waals surface area contributed by atoms with E-state index in [0.29, 0.717) is 17.8 Å². The van der Waals surface area contributed by atoms with Gasteiger partial charge < -0.3 is 4.90 Å². The van der Waals surface area contributed by atoms with Crippen LogP contribution in [0.5, 0.6) is 0 Å². The van der Waals surface area contributed by atoms with Crippen molar-refractivity contribution in [1.29, 1.82) is 0 Å². The molecule has 0 aliphatic carbocycles. The van der Waals surface area contributed by atoms with Crippen LogP contribution in [0.15, 0.2) is 54.6 Å². The molecule has 0 unspecified atom stereocenters. The molecular weight excluding hydrogens is 524 g/mol. The van der Waals surface area contributed by atoms with Crippen molar-refractivity contribution < 1.29 is 13.2 Å². The molecule has 0 fully saturated rings. The standard InChI is InChI=1S/C26H20F3IN2/c1-14-24(19-10-15(27)5-9-21(19)29)31-22-11-16(28)4-7-18(22)25(14)32-13-26(2,3)20-8-6-17(30)12-23(20)32/h4-12H,13H2,1-3H3. The first-order valence-electron chi connectivity index (χ1n) is 10.3. The Labute approximate surface area is 198 Å². The number of hydrogen-bond donors (Lipinski definition) is 0. The lowest BCUT2D eigenvalue weighted by molar-refractivity contribution is 0.569. The fourth-order valence-electron chi connectivity index (χ4n) is 4.67. The molecule has 0 radical (unpaired) electrons. The number of hydrogen-bond acceptors (Lipinski definition) is 2. The Bertz CT molecular complexity index is 1400. The van der Waals surface area contributed by atoms with Gasteiger partial charge in [-0.3, -0.25) is 0 Å². The van der Waals surface area contributed by atoms with Gasteiger partial charge in [0.05, 0.1) is 16.9 Å². The Balaban J connectivity index is 1.86. The highest BCUT2D eigenvalue weighted by atomic mass is 127. The van der Waals surface area contributed by atoms with Gasteiger partial charge in [-0.05, 0) is 83.1 Å². The zero-order valence-electron chi connectivity index (χ0n) is 17.8. The molecule has 0 atom stereocenters. The minimum atomic E-state index is -0.569. The molecule has 0 saturated carbocycles. The number of aromatic nitrogens is 1. The van der Waals surface area contributed by atoms with Crippen LogP contribution in [0.4, 0.5) is 24.5 Å². The molecule has 32 heavy (non-hydrogen) atoms. The Hall–Kier alpha value is -2.61. The number of nitrogens with zero attached hydrogens (tertiary/aromatic N) is 2. The van der Waals surface area contributed by atoms with Crippen LogP contribution in [0.2, 0.25) is 0 Å². The van der Waals surface area contributed by atoms with Crippen molar-refractivity contribution in [2.45, 2.75) is 26.2 Å². The van der Waals surface area contributed by atoms with E-state index in [1.54, 1.807) is 6.07 Å². The van der Waals surface area contributed by atoms with Gasteiger partial charge in [0.25, 0.3) is 0 Å². The van der Waals surface area contributed by atoms with E-state index in [2.05, 4.69) is 64.5 Å². The third kappa shape index (κ3) is 3.36. The summed E-state index contributed by atoms with van der Waals surface area (Å²) in [6.45, 7) is 6.93. The first-order valence-corrected chi connectivity index (χ1v) is 11.4. The SMILES string of the molecule is Cc1c(-c2cc(F)ccc2F)nc2cc(F)ccc2c1N1CC(C)(C)c2ccc(I)cc21. The highest BCUT2D eigenvalue weighted by Crippen LogP contribution is 2.48. The van der Waals surface area contributed by atoms with E-state index in [4.69, 9.17) is 0 Å². The van der Waals surface area contributed by atoms with Crippen molar-refractivity contribution in [2.75, 3.05) is 11.4 Å². The molecule has 5 rings (SSSR count). The molecule has 162 valence electrons. The van der Waals surface area contributed by atoms with Gasteiger partial charge in [0.2, 0.25) is 0 Å². The molecule has 0 N–H and O–H groups in total. The second kappa shape index (κ2) is 7.47.